The maximum atomic E-state index is 12.8. The first-order valence-corrected chi connectivity index (χ1v) is 10.6. The lowest BCUT2D eigenvalue weighted by atomic mass is 10.3. The van der Waals surface area contributed by atoms with Gasteiger partial charge >= 0.3 is 11.7 Å². The summed E-state index contributed by atoms with van der Waals surface area (Å²) < 4.78 is 19.1. The lowest BCUT2D eigenvalue weighted by molar-refractivity contribution is -0.137. The number of fused-ring (bicyclic) bond motifs is 1. The van der Waals surface area contributed by atoms with Crippen LogP contribution in [0.5, 0.6) is 11.5 Å². The SMILES string of the molecule is COC(=O)CSc1nc2c(c(=O)n(C)c(=O)n2C)n1C[C@@H](O)COc1ccc(OC)cc1. The van der Waals surface area contributed by atoms with Gasteiger partial charge in [0.15, 0.2) is 16.3 Å². The Kier molecular flexibility index (Phi) is 7.26. The normalized spacial score (nSPS) is 12.0. The Morgan fingerprint density at radius 2 is 1.78 bits per heavy atom. The first-order valence-electron chi connectivity index (χ1n) is 9.57. The Hall–Kier alpha value is -3.25. The molecule has 0 aliphatic rings. The second-order valence-corrected chi connectivity index (χ2v) is 7.83. The molecule has 0 bridgehead atoms. The molecule has 0 radical (unpaired) electrons. The fourth-order valence-corrected chi connectivity index (χ4v) is 3.85. The highest BCUT2D eigenvalue weighted by atomic mass is 32.2. The van der Waals surface area contributed by atoms with Crippen molar-refractivity contribution in [1.82, 2.24) is 18.7 Å². The average molecular weight is 465 g/mol. The third kappa shape index (κ3) is 4.81. The average Bonchev–Trinajstić information content (AvgIpc) is 3.16. The molecule has 1 N–H and O–H groups in total. The van der Waals surface area contributed by atoms with Gasteiger partial charge in [0.1, 0.15) is 24.2 Å². The summed E-state index contributed by atoms with van der Waals surface area (Å²) in [6, 6.07) is 6.89. The number of imidazole rings is 1. The molecule has 12 heteroatoms. The lowest BCUT2D eigenvalue weighted by Gasteiger charge is -2.15. The fourth-order valence-electron chi connectivity index (χ4n) is 3.02. The van der Waals surface area contributed by atoms with Crippen molar-refractivity contribution < 1.29 is 24.1 Å². The van der Waals surface area contributed by atoms with E-state index in [1.54, 1.807) is 31.4 Å². The highest BCUT2D eigenvalue weighted by molar-refractivity contribution is 7.99. The summed E-state index contributed by atoms with van der Waals surface area (Å²) in [4.78, 5) is 41.1. The van der Waals surface area contributed by atoms with E-state index in [1.165, 1.54) is 30.3 Å². The van der Waals surface area contributed by atoms with Crippen LogP contribution in [0.15, 0.2) is 39.0 Å². The molecule has 0 aliphatic carbocycles. The Balaban J connectivity index is 1.90. The zero-order valence-corrected chi connectivity index (χ0v) is 18.9. The molecule has 0 saturated carbocycles. The number of aryl methyl sites for hydroxylation is 1. The molecule has 3 rings (SSSR count). The molecule has 0 unspecified atom stereocenters. The summed E-state index contributed by atoms with van der Waals surface area (Å²) in [7, 11) is 5.70. The van der Waals surface area contributed by atoms with E-state index in [2.05, 4.69) is 9.72 Å². The molecule has 1 atom stereocenters. The van der Waals surface area contributed by atoms with E-state index in [4.69, 9.17) is 9.47 Å². The zero-order chi connectivity index (χ0) is 23.4. The van der Waals surface area contributed by atoms with Crippen molar-refractivity contribution in [2.24, 2.45) is 14.1 Å². The first kappa shape index (κ1) is 23.4. The maximum absolute atomic E-state index is 12.8. The van der Waals surface area contributed by atoms with Gasteiger partial charge in [-0.2, -0.15) is 0 Å². The zero-order valence-electron chi connectivity index (χ0n) is 18.1. The van der Waals surface area contributed by atoms with Gasteiger partial charge in [0, 0.05) is 14.1 Å². The number of nitrogens with zero attached hydrogens (tertiary/aromatic N) is 4. The summed E-state index contributed by atoms with van der Waals surface area (Å²) in [6.45, 7) is -0.0944. The standard InChI is InChI=1S/C20H24N4O7S/c1-22-17-16(18(27)23(2)20(22)28)24(19(21-17)32-11-15(26)30-4)9-12(25)10-31-14-7-5-13(29-3)6-8-14/h5-8,12,25H,9-11H2,1-4H3/t12-/m1/s1. The number of hydrogen-bond acceptors (Lipinski definition) is 9. The van der Waals surface area contributed by atoms with E-state index in [1.807, 2.05) is 0 Å². The number of esters is 1. The molecule has 0 fully saturated rings. The van der Waals surface area contributed by atoms with Gasteiger partial charge in [-0.25, -0.2) is 9.78 Å². The van der Waals surface area contributed by atoms with Gasteiger partial charge in [-0.15, -0.1) is 0 Å². The van der Waals surface area contributed by atoms with Gasteiger partial charge in [0.2, 0.25) is 0 Å². The van der Waals surface area contributed by atoms with Gasteiger partial charge in [-0.05, 0) is 24.3 Å². The Bertz CT molecular complexity index is 1230. The van der Waals surface area contributed by atoms with Crippen LogP contribution >= 0.6 is 11.8 Å². The number of carbonyl (C=O) groups excluding carboxylic acids is 1. The van der Waals surface area contributed by atoms with Crippen LogP contribution < -0.4 is 20.7 Å². The van der Waals surface area contributed by atoms with Gasteiger partial charge in [0.25, 0.3) is 5.56 Å². The molecule has 11 nitrogen and oxygen atoms in total. The highest BCUT2D eigenvalue weighted by Gasteiger charge is 2.22. The largest absolute Gasteiger partial charge is 0.497 e. The summed E-state index contributed by atoms with van der Waals surface area (Å²) in [6.07, 6.45) is -1.01. The van der Waals surface area contributed by atoms with Crippen molar-refractivity contribution in [3.05, 3.63) is 45.1 Å². The van der Waals surface area contributed by atoms with E-state index in [9.17, 15) is 19.5 Å². The summed E-state index contributed by atoms with van der Waals surface area (Å²) in [5.74, 6) is 0.696. The van der Waals surface area contributed by atoms with Crippen LogP contribution in [0.4, 0.5) is 0 Å². The second kappa shape index (κ2) is 9.92. The minimum absolute atomic E-state index is 0.0381. The fraction of sp³-hybridized carbons (Fsp3) is 0.400. The molecule has 0 saturated heterocycles. The van der Waals surface area contributed by atoms with Crippen LogP contribution in [-0.2, 0) is 30.2 Å². The molecule has 1 aromatic carbocycles. The van der Waals surface area contributed by atoms with Crippen molar-refractivity contribution >= 4 is 28.9 Å². The van der Waals surface area contributed by atoms with Crippen molar-refractivity contribution in [3.63, 3.8) is 0 Å². The summed E-state index contributed by atoms with van der Waals surface area (Å²) >= 11 is 1.04. The van der Waals surface area contributed by atoms with Gasteiger partial charge < -0.3 is 23.9 Å². The van der Waals surface area contributed by atoms with E-state index >= 15 is 0 Å². The van der Waals surface area contributed by atoms with Crippen molar-refractivity contribution in [1.29, 1.82) is 0 Å². The number of aliphatic hydroxyl groups excluding tert-OH is 1. The Morgan fingerprint density at radius 1 is 1.12 bits per heavy atom. The third-order valence-electron chi connectivity index (χ3n) is 4.75. The molecule has 0 aliphatic heterocycles. The number of rotatable bonds is 9. The number of hydrogen-bond donors (Lipinski definition) is 1. The maximum Gasteiger partial charge on any atom is 0.332 e. The summed E-state index contributed by atoms with van der Waals surface area (Å²) in [5, 5.41) is 10.9. The van der Waals surface area contributed by atoms with E-state index in [0.29, 0.717) is 16.7 Å². The van der Waals surface area contributed by atoms with Crippen molar-refractivity contribution in [2.45, 2.75) is 17.8 Å². The number of aromatic nitrogens is 4. The van der Waals surface area contributed by atoms with Crippen molar-refractivity contribution in [2.75, 3.05) is 26.6 Å². The van der Waals surface area contributed by atoms with Crippen LogP contribution in [0.3, 0.4) is 0 Å². The lowest BCUT2D eigenvalue weighted by Crippen LogP contribution is -2.38. The van der Waals surface area contributed by atoms with Gasteiger partial charge in [0.05, 0.1) is 26.5 Å². The molecule has 2 heterocycles. The Morgan fingerprint density at radius 3 is 2.41 bits per heavy atom. The minimum Gasteiger partial charge on any atom is -0.497 e. The van der Waals surface area contributed by atoms with Gasteiger partial charge in [-0.1, -0.05) is 11.8 Å². The number of ether oxygens (including phenoxy) is 3. The molecule has 32 heavy (non-hydrogen) atoms. The number of methoxy groups -OCH3 is 2. The predicted octanol–water partition coefficient (Wildman–Crippen LogP) is 0.147. The predicted molar refractivity (Wildman–Crippen MR) is 117 cm³/mol. The monoisotopic (exact) mass is 464 g/mol. The highest BCUT2D eigenvalue weighted by Crippen LogP contribution is 2.23. The van der Waals surface area contributed by atoms with E-state index < -0.39 is 23.3 Å². The van der Waals surface area contributed by atoms with Crippen molar-refractivity contribution in [3.8, 4) is 11.5 Å². The van der Waals surface area contributed by atoms with Crippen LogP contribution in [0.2, 0.25) is 0 Å². The molecular formula is C20H24N4O7S. The van der Waals surface area contributed by atoms with E-state index in [0.717, 1.165) is 16.3 Å². The quantitative estimate of drug-likeness (QED) is 0.348. The number of carbonyl (C=O) groups is 1. The van der Waals surface area contributed by atoms with Crippen LogP contribution in [0.25, 0.3) is 11.2 Å². The van der Waals surface area contributed by atoms with Crippen LogP contribution in [0, 0.1) is 0 Å². The number of thioether (sulfide) groups is 1. The smallest absolute Gasteiger partial charge is 0.332 e. The third-order valence-corrected chi connectivity index (χ3v) is 5.70. The molecule has 0 spiro atoms. The number of aliphatic hydroxyl groups is 1. The molecule has 0 amide bonds. The Labute approximate surface area is 187 Å². The molecule has 3 aromatic rings. The minimum atomic E-state index is -1.01. The molecule has 2 aromatic heterocycles. The van der Waals surface area contributed by atoms with Gasteiger partial charge in [-0.3, -0.25) is 18.7 Å². The molecule has 172 valence electrons. The summed E-state index contributed by atoms with van der Waals surface area (Å²) in [5.41, 5.74) is -0.775. The van der Waals surface area contributed by atoms with Crippen LogP contribution in [0.1, 0.15) is 0 Å². The second-order valence-electron chi connectivity index (χ2n) is 6.89. The van der Waals surface area contributed by atoms with E-state index in [-0.39, 0.29) is 30.1 Å². The molecular weight excluding hydrogens is 440 g/mol. The first-order chi connectivity index (χ1) is 15.3. The van der Waals surface area contributed by atoms with Crippen LogP contribution in [-0.4, -0.2) is 62.4 Å². The topological polar surface area (TPSA) is 127 Å². The number of benzene rings is 1.